The van der Waals surface area contributed by atoms with Crippen molar-refractivity contribution in [1.29, 1.82) is 0 Å². The largest absolute Gasteiger partial charge is 0.342 e. The van der Waals surface area contributed by atoms with Gasteiger partial charge in [-0.25, -0.2) is 9.97 Å². The summed E-state index contributed by atoms with van der Waals surface area (Å²) < 4.78 is 0. The van der Waals surface area contributed by atoms with E-state index in [1.54, 1.807) is 24.3 Å². The number of H-pyrrole nitrogens is 1. The van der Waals surface area contributed by atoms with Crippen molar-refractivity contribution in [2.75, 3.05) is 13.1 Å². The summed E-state index contributed by atoms with van der Waals surface area (Å²) in [5.41, 5.74) is 1.49. The molecule has 3 rings (SSSR count). The predicted octanol–water partition coefficient (Wildman–Crippen LogP) is 1.79. The molecular weight excluding hydrogens is 312 g/mol. The van der Waals surface area contributed by atoms with Gasteiger partial charge < -0.3 is 9.88 Å². The number of hydrogen-bond acceptors (Lipinski definition) is 5. The van der Waals surface area contributed by atoms with Crippen molar-refractivity contribution in [3.8, 4) is 0 Å². The maximum atomic E-state index is 12.5. The lowest BCUT2D eigenvalue weighted by Crippen LogP contribution is -2.40. The molecule has 1 N–H and O–H groups in total. The summed E-state index contributed by atoms with van der Waals surface area (Å²) >= 11 is 1.56. The van der Waals surface area contributed by atoms with Crippen LogP contribution in [0.2, 0.25) is 0 Å². The zero-order chi connectivity index (χ0) is 16.4. The molecule has 0 spiro atoms. The quantitative estimate of drug-likeness (QED) is 0.929. The summed E-state index contributed by atoms with van der Waals surface area (Å²) in [5, 5.41) is 2.92. The number of piperidine rings is 1. The Kier molecular flexibility index (Phi) is 4.56. The number of likely N-dealkylation sites (tertiary alicyclic amines) is 1. The summed E-state index contributed by atoms with van der Waals surface area (Å²) in [6.07, 6.45) is 2.23. The lowest BCUT2D eigenvalue weighted by Gasteiger charge is -2.32. The Morgan fingerprint density at radius 3 is 2.96 bits per heavy atom. The highest BCUT2D eigenvalue weighted by Gasteiger charge is 2.26. The van der Waals surface area contributed by atoms with Crippen LogP contribution in [0.1, 0.15) is 41.0 Å². The molecular formula is C16H20N4O2S. The minimum Gasteiger partial charge on any atom is -0.342 e. The topological polar surface area (TPSA) is 79.0 Å². The molecule has 1 fully saturated rings. The molecule has 1 aliphatic heterocycles. The lowest BCUT2D eigenvalue weighted by atomic mass is 9.94. The Balaban J connectivity index is 1.70. The van der Waals surface area contributed by atoms with Crippen LogP contribution in [-0.2, 0) is 11.2 Å². The molecule has 1 aliphatic rings. The molecule has 0 unspecified atom stereocenters. The molecule has 2 aromatic rings. The van der Waals surface area contributed by atoms with E-state index in [0.717, 1.165) is 35.8 Å². The number of carbonyl (C=O) groups excluding carboxylic acids is 1. The summed E-state index contributed by atoms with van der Waals surface area (Å²) in [7, 11) is 0. The Bertz CT molecular complexity index is 767. The molecule has 3 heterocycles. The number of amides is 1. The van der Waals surface area contributed by atoms with Crippen LogP contribution in [0.15, 0.2) is 16.2 Å². The van der Waals surface area contributed by atoms with E-state index in [0.29, 0.717) is 18.8 Å². The smallest absolute Gasteiger partial charge is 0.251 e. The van der Waals surface area contributed by atoms with Crippen LogP contribution in [0.5, 0.6) is 0 Å². The number of hydrogen-bond donors (Lipinski definition) is 1. The normalized spacial score (nSPS) is 18.2. The monoisotopic (exact) mass is 332 g/mol. The maximum Gasteiger partial charge on any atom is 0.251 e. The summed E-state index contributed by atoms with van der Waals surface area (Å²) in [5.74, 6) is 0.848. The predicted molar refractivity (Wildman–Crippen MR) is 88.7 cm³/mol. The van der Waals surface area contributed by atoms with E-state index in [2.05, 4.69) is 15.0 Å². The fraction of sp³-hybridized carbons (Fsp3) is 0.500. The molecule has 0 radical (unpaired) electrons. The number of nitrogens with one attached hydrogen (secondary N) is 1. The maximum absolute atomic E-state index is 12.5. The highest BCUT2D eigenvalue weighted by Crippen LogP contribution is 2.25. The van der Waals surface area contributed by atoms with Gasteiger partial charge in [0.05, 0.1) is 22.8 Å². The van der Waals surface area contributed by atoms with Gasteiger partial charge in [0, 0.05) is 30.5 Å². The van der Waals surface area contributed by atoms with E-state index < -0.39 is 0 Å². The van der Waals surface area contributed by atoms with Crippen LogP contribution in [0.4, 0.5) is 0 Å². The molecule has 0 aliphatic carbocycles. The molecule has 122 valence electrons. The number of aromatic amines is 1. The number of aryl methyl sites for hydroxylation is 2. The first-order valence-electron chi connectivity index (χ1n) is 7.78. The van der Waals surface area contributed by atoms with Crippen molar-refractivity contribution in [2.45, 2.75) is 39.0 Å². The van der Waals surface area contributed by atoms with Crippen molar-refractivity contribution in [3.05, 3.63) is 44.0 Å². The molecule has 6 nitrogen and oxygen atoms in total. The van der Waals surface area contributed by atoms with Gasteiger partial charge >= 0.3 is 0 Å². The summed E-state index contributed by atoms with van der Waals surface area (Å²) in [6.45, 7) is 5.11. The minimum atomic E-state index is -0.131. The number of aromatic nitrogens is 3. The SMILES string of the molecule is Cc1nc([C@H]2CCCN(C(=O)Cc3csc(C)n3)C2)cc(=O)[nH]1. The molecule has 23 heavy (non-hydrogen) atoms. The van der Waals surface area contributed by atoms with Crippen LogP contribution in [0.3, 0.4) is 0 Å². The number of nitrogens with zero attached hydrogens (tertiary/aromatic N) is 3. The summed E-state index contributed by atoms with van der Waals surface area (Å²) in [4.78, 5) is 37.5. The Morgan fingerprint density at radius 2 is 2.26 bits per heavy atom. The first kappa shape index (κ1) is 15.9. The Labute approximate surface area is 138 Å². The van der Waals surface area contributed by atoms with Crippen LogP contribution in [0, 0.1) is 13.8 Å². The van der Waals surface area contributed by atoms with Crippen molar-refractivity contribution in [2.24, 2.45) is 0 Å². The van der Waals surface area contributed by atoms with E-state index in [1.165, 1.54) is 0 Å². The third-order valence-electron chi connectivity index (χ3n) is 4.07. The van der Waals surface area contributed by atoms with Gasteiger partial charge in [-0.2, -0.15) is 0 Å². The number of thiazole rings is 1. The van der Waals surface area contributed by atoms with Gasteiger partial charge in [-0.1, -0.05) is 0 Å². The first-order chi connectivity index (χ1) is 11.0. The highest BCUT2D eigenvalue weighted by molar-refractivity contribution is 7.09. The molecule has 1 saturated heterocycles. The fourth-order valence-electron chi connectivity index (χ4n) is 3.01. The number of rotatable bonds is 3. The lowest BCUT2D eigenvalue weighted by molar-refractivity contribution is -0.131. The molecule has 2 aromatic heterocycles. The van der Waals surface area contributed by atoms with Crippen LogP contribution < -0.4 is 5.56 Å². The molecule has 0 aromatic carbocycles. The molecule has 7 heteroatoms. The average Bonchev–Trinajstić information content (AvgIpc) is 2.91. The molecule has 0 bridgehead atoms. The summed E-state index contributed by atoms with van der Waals surface area (Å²) in [6, 6.07) is 1.55. The standard InChI is InChI=1S/C16H20N4O2S/c1-10-17-14(7-15(21)18-10)12-4-3-5-20(8-12)16(22)6-13-9-23-11(2)19-13/h7,9,12H,3-6,8H2,1-2H3,(H,17,18,21)/t12-/m0/s1. The second-order valence-electron chi connectivity index (χ2n) is 5.97. The van der Waals surface area contributed by atoms with Gasteiger partial charge in [-0.05, 0) is 26.7 Å². The van der Waals surface area contributed by atoms with E-state index in [-0.39, 0.29) is 17.4 Å². The fourth-order valence-corrected chi connectivity index (χ4v) is 3.63. The second-order valence-corrected chi connectivity index (χ2v) is 7.03. The van der Waals surface area contributed by atoms with Crippen molar-refractivity contribution in [3.63, 3.8) is 0 Å². The van der Waals surface area contributed by atoms with Gasteiger partial charge in [0.15, 0.2) is 0 Å². The third kappa shape index (κ3) is 3.85. The Hall–Kier alpha value is -2.02. The minimum absolute atomic E-state index is 0.0987. The van der Waals surface area contributed by atoms with E-state index in [9.17, 15) is 9.59 Å². The van der Waals surface area contributed by atoms with Crippen LogP contribution in [0.25, 0.3) is 0 Å². The van der Waals surface area contributed by atoms with Crippen LogP contribution >= 0.6 is 11.3 Å². The average molecular weight is 332 g/mol. The first-order valence-corrected chi connectivity index (χ1v) is 8.66. The van der Waals surface area contributed by atoms with Gasteiger partial charge in [-0.15, -0.1) is 11.3 Å². The van der Waals surface area contributed by atoms with Crippen molar-refractivity contribution < 1.29 is 4.79 Å². The van der Waals surface area contributed by atoms with Gasteiger partial charge in [-0.3, -0.25) is 9.59 Å². The van der Waals surface area contributed by atoms with E-state index in [1.807, 2.05) is 17.2 Å². The third-order valence-corrected chi connectivity index (χ3v) is 4.89. The zero-order valence-corrected chi connectivity index (χ0v) is 14.2. The van der Waals surface area contributed by atoms with E-state index in [4.69, 9.17) is 0 Å². The number of carbonyl (C=O) groups is 1. The van der Waals surface area contributed by atoms with Gasteiger partial charge in [0.25, 0.3) is 5.56 Å². The molecule has 1 atom stereocenters. The van der Waals surface area contributed by atoms with Gasteiger partial charge in [0.2, 0.25) is 5.91 Å². The highest BCUT2D eigenvalue weighted by atomic mass is 32.1. The molecule has 0 saturated carbocycles. The second kappa shape index (κ2) is 6.62. The van der Waals surface area contributed by atoms with Crippen LogP contribution in [-0.4, -0.2) is 38.8 Å². The Morgan fingerprint density at radius 1 is 1.43 bits per heavy atom. The van der Waals surface area contributed by atoms with E-state index >= 15 is 0 Å². The molecule has 1 amide bonds. The zero-order valence-electron chi connectivity index (χ0n) is 13.3. The van der Waals surface area contributed by atoms with Crippen molar-refractivity contribution >= 4 is 17.2 Å². The van der Waals surface area contributed by atoms with Crippen molar-refractivity contribution in [1.82, 2.24) is 19.9 Å². The van der Waals surface area contributed by atoms with Gasteiger partial charge in [0.1, 0.15) is 5.82 Å².